The number of rotatable bonds is 1. The molecule has 0 aromatic heterocycles. The summed E-state index contributed by atoms with van der Waals surface area (Å²) in [6, 6.07) is 0. The number of halogens is 1. The molecule has 1 fully saturated rings. The molecule has 1 aliphatic rings. The van der Waals surface area contributed by atoms with Gasteiger partial charge in [-0.2, -0.15) is 0 Å². The van der Waals surface area contributed by atoms with Crippen LogP contribution in [0.25, 0.3) is 0 Å². The maximum atomic E-state index is 13.6. The lowest BCUT2D eigenvalue weighted by atomic mass is 9.84. The van der Waals surface area contributed by atoms with Crippen molar-refractivity contribution < 1.29 is 19.0 Å². The Kier molecular flexibility index (Phi) is 2.67. The van der Waals surface area contributed by atoms with Crippen molar-refractivity contribution in [2.24, 2.45) is 0 Å². The maximum Gasteiger partial charge on any atom is 0.346 e. The monoisotopic (exact) mass is 176 g/mol. The van der Waals surface area contributed by atoms with Crippen LogP contribution in [0.5, 0.6) is 0 Å². The molecule has 3 nitrogen and oxygen atoms in total. The molecule has 1 N–H and O–H groups in total. The van der Waals surface area contributed by atoms with E-state index in [1.165, 1.54) is 0 Å². The Morgan fingerprint density at radius 3 is 2.83 bits per heavy atom. The molecule has 0 heterocycles. The number of aliphatic hydroxyl groups excluding tert-OH is 1. The van der Waals surface area contributed by atoms with Gasteiger partial charge in [0.25, 0.3) is 0 Å². The second-order valence-electron chi connectivity index (χ2n) is 3.12. The van der Waals surface area contributed by atoms with Gasteiger partial charge in [0, 0.05) is 0 Å². The number of carbonyl (C=O) groups excluding carboxylic acids is 1. The fourth-order valence-electron chi connectivity index (χ4n) is 1.52. The van der Waals surface area contributed by atoms with Crippen molar-refractivity contribution in [3.63, 3.8) is 0 Å². The highest BCUT2D eigenvalue weighted by atomic mass is 19.1. The molecule has 0 radical (unpaired) electrons. The predicted octanol–water partition coefficient (Wildman–Crippen LogP) is 0.803. The molecule has 1 aliphatic carbocycles. The summed E-state index contributed by atoms with van der Waals surface area (Å²) in [4.78, 5) is 10.9. The number of methoxy groups -OCH3 is 1. The number of alkyl halides is 1. The maximum absolute atomic E-state index is 13.6. The van der Waals surface area contributed by atoms with Crippen LogP contribution in [-0.2, 0) is 9.53 Å². The number of ether oxygens (including phenoxy) is 1. The van der Waals surface area contributed by atoms with Gasteiger partial charge in [-0.15, -0.1) is 0 Å². The van der Waals surface area contributed by atoms with Crippen LogP contribution in [-0.4, -0.2) is 30.0 Å². The van der Waals surface area contributed by atoms with Gasteiger partial charge in [0.1, 0.15) is 0 Å². The summed E-state index contributed by atoms with van der Waals surface area (Å²) < 4.78 is 17.9. The molecule has 0 aromatic rings. The van der Waals surface area contributed by atoms with Crippen LogP contribution in [0.2, 0.25) is 0 Å². The van der Waals surface area contributed by atoms with Crippen molar-refractivity contribution in [2.75, 3.05) is 7.11 Å². The summed E-state index contributed by atoms with van der Waals surface area (Å²) in [6.45, 7) is 0. The van der Waals surface area contributed by atoms with E-state index in [4.69, 9.17) is 0 Å². The molecular weight excluding hydrogens is 163 g/mol. The first kappa shape index (κ1) is 9.45. The number of esters is 1. The lowest BCUT2D eigenvalue weighted by molar-refractivity contribution is -0.167. The third-order valence-electron chi connectivity index (χ3n) is 2.32. The van der Waals surface area contributed by atoms with Crippen molar-refractivity contribution in [1.82, 2.24) is 0 Å². The van der Waals surface area contributed by atoms with E-state index in [-0.39, 0.29) is 6.42 Å². The Morgan fingerprint density at radius 2 is 2.33 bits per heavy atom. The minimum Gasteiger partial charge on any atom is -0.467 e. The van der Waals surface area contributed by atoms with E-state index in [9.17, 15) is 14.3 Å². The number of hydrogen-bond acceptors (Lipinski definition) is 3. The first-order chi connectivity index (χ1) is 5.61. The molecule has 0 saturated heterocycles. The van der Waals surface area contributed by atoms with Crippen molar-refractivity contribution in [3.05, 3.63) is 0 Å². The largest absolute Gasteiger partial charge is 0.467 e. The number of aliphatic hydroxyl groups is 1. The van der Waals surface area contributed by atoms with Crippen molar-refractivity contribution >= 4 is 5.97 Å². The highest BCUT2D eigenvalue weighted by molar-refractivity contribution is 5.80. The minimum atomic E-state index is -2.16. The zero-order valence-corrected chi connectivity index (χ0v) is 7.05. The van der Waals surface area contributed by atoms with Crippen LogP contribution in [0.1, 0.15) is 25.7 Å². The second-order valence-corrected chi connectivity index (χ2v) is 3.12. The van der Waals surface area contributed by atoms with E-state index in [0.29, 0.717) is 12.8 Å². The summed E-state index contributed by atoms with van der Waals surface area (Å²) in [6.07, 6.45) is 0.609. The van der Waals surface area contributed by atoms with Gasteiger partial charge in [-0.3, -0.25) is 0 Å². The molecular formula is C8H13FO3. The Balaban J connectivity index is 2.72. The summed E-state index contributed by atoms with van der Waals surface area (Å²) in [7, 11) is 1.13. The van der Waals surface area contributed by atoms with Gasteiger partial charge in [0.15, 0.2) is 0 Å². The Labute approximate surface area is 70.5 Å². The fraction of sp³-hybridized carbons (Fsp3) is 0.875. The Hall–Kier alpha value is -0.640. The molecule has 0 spiro atoms. The smallest absolute Gasteiger partial charge is 0.346 e. The fourth-order valence-corrected chi connectivity index (χ4v) is 1.52. The molecule has 2 atom stereocenters. The first-order valence-corrected chi connectivity index (χ1v) is 4.06. The summed E-state index contributed by atoms with van der Waals surface area (Å²) >= 11 is 0. The van der Waals surface area contributed by atoms with Gasteiger partial charge in [-0.1, -0.05) is 6.42 Å². The molecule has 1 saturated carbocycles. The predicted molar refractivity (Wildman–Crippen MR) is 40.3 cm³/mol. The lowest BCUT2D eigenvalue weighted by Crippen LogP contribution is -2.48. The Bertz CT molecular complexity index is 183. The molecule has 70 valence electrons. The third-order valence-corrected chi connectivity index (χ3v) is 2.32. The van der Waals surface area contributed by atoms with Crippen LogP contribution in [0, 0.1) is 0 Å². The van der Waals surface area contributed by atoms with Gasteiger partial charge in [0.2, 0.25) is 5.67 Å². The van der Waals surface area contributed by atoms with Crippen LogP contribution in [0.3, 0.4) is 0 Å². The van der Waals surface area contributed by atoms with E-state index in [2.05, 4.69) is 4.74 Å². The van der Waals surface area contributed by atoms with Crippen LogP contribution in [0.15, 0.2) is 0 Å². The zero-order valence-electron chi connectivity index (χ0n) is 7.05. The molecule has 2 unspecified atom stereocenters. The standard InChI is InChI=1S/C8H13FO3/c1-12-7(11)8(9)5-3-2-4-6(8)10/h6,10H,2-5H2,1H3. The number of carbonyl (C=O) groups is 1. The van der Waals surface area contributed by atoms with Crippen LogP contribution in [0.4, 0.5) is 4.39 Å². The molecule has 0 amide bonds. The normalized spacial score (nSPS) is 36.1. The average Bonchev–Trinajstić information content (AvgIpc) is 2.09. The topological polar surface area (TPSA) is 46.5 Å². The van der Waals surface area contributed by atoms with E-state index >= 15 is 0 Å². The molecule has 12 heavy (non-hydrogen) atoms. The van der Waals surface area contributed by atoms with Gasteiger partial charge in [0.05, 0.1) is 13.2 Å². The van der Waals surface area contributed by atoms with E-state index < -0.39 is 17.7 Å². The molecule has 1 rings (SSSR count). The van der Waals surface area contributed by atoms with Crippen molar-refractivity contribution in [2.45, 2.75) is 37.5 Å². The van der Waals surface area contributed by atoms with Crippen LogP contribution < -0.4 is 0 Å². The van der Waals surface area contributed by atoms with Gasteiger partial charge >= 0.3 is 5.97 Å². The van der Waals surface area contributed by atoms with Crippen molar-refractivity contribution in [1.29, 1.82) is 0 Å². The molecule has 0 aromatic carbocycles. The second kappa shape index (κ2) is 3.39. The van der Waals surface area contributed by atoms with E-state index in [1.807, 2.05) is 0 Å². The summed E-state index contributed by atoms with van der Waals surface area (Å²) in [5.74, 6) is -0.949. The average molecular weight is 176 g/mol. The van der Waals surface area contributed by atoms with E-state index in [0.717, 1.165) is 13.5 Å². The zero-order chi connectivity index (χ0) is 9.19. The molecule has 0 bridgehead atoms. The summed E-state index contributed by atoms with van der Waals surface area (Å²) in [5, 5.41) is 9.25. The van der Waals surface area contributed by atoms with Crippen LogP contribution >= 0.6 is 0 Å². The first-order valence-electron chi connectivity index (χ1n) is 4.06. The quantitative estimate of drug-likeness (QED) is 0.601. The SMILES string of the molecule is COC(=O)C1(F)CCCCC1O. The van der Waals surface area contributed by atoms with Gasteiger partial charge < -0.3 is 9.84 Å². The Morgan fingerprint density at radius 1 is 1.67 bits per heavy atom. The highest BCUT2D eigenvalue weighted by Gasteiger charge is 2.48. The minimum absolute atomic E-state index is 0.0703. The lowest BCUT2D eigenvalue weighted by Gasteiger charge is -2.31. The van der Waals surface area contributed by atoms with Gasteiger partial charge in [-0.25, -0.2) is 9.18 Å². The molecule has 0 aliphatic heterocycles. The summed E-state index contributed by atoms with van der Waals surface area (Å²) in [5.41, 5.74) is -2.16. The van der Waals surface area contributed by atoms with Crippen molar-refractivity contribution in [3.8, 4) is 0 Å². The molecule has 4 heteroatoms. The van der Waals surface area contributed by atoms with Gasteiger partial charge in [-0.05, 0) is 19.3 Å². The number of hydrogen-bond donors (Lipinski definition) is 1. The highest BCUT2D eigenvalue weighted by Crippen LogP contribution is 2.33. The van der Waals surface area contributed by atoms with E-state index in [1.54, 1.807) is 0 Å². The third kappa shape index (κ3) is 1.43.